The summed E-state index contributed by atoms with van der Waals surface area (Å²) >= 11 is 0. The summed E-state index contributed by atoms with van der Waals surface area (Å²) in [4.78, 5) is 29.8. The Kier molecular flexibility index (Phi) is 5.02. The molecule has 1 saturated heterocycles. The second-order valence-electron chi connectivity index (χ2n) is 8.05. The molecule has 2 heterocycles. The standard InChI is InChI=1S/C19H29N3O3/c1-12-5-6-22(13(2)9-20(3)4)19(25)17(12)18(24)21-10-14-7-16(23)8-15(14)11-21/h5-6,13-16,23H,7-11H2,1-4H3/t13?,14-,15+,16?. The summed E-state index contributed by atoms with van der Waals surface area (Å²) in [6.07, 6.45) is 3.10. The van der Waals surface area contributed by atoms with Gasteiger partial charge in [-0.15, -0.1) is 0 Å². The van der Waals surface area contributed by atoms with E-state index in [0.717, 1.165) is 24.9 Å². The summed E-state index contributed by atoms with van der Waals surface area (Å²) in [5.41, 5.74) is 0.838. The van der Waals surface area contributed by atoms with E-state index >= 15 is 0 Å². The molecule has 138 valence electrons. The molecule has 2 fully saturated rings. The van der Waals surface area contributed by atoms with Gasteiger partial charge < -0.3 is 19.5 Å². The average Bonchev–Trinajstić information content (AvgIpc) is 3.03. The normalized spacial score (nSPS) is 27.0. The molecule has 0 aromatic carbocycles. The minimum atomic E-state index is -0.227. The van der Waals surface area contributed by atoms with Crippen LogP contribution in [0.5, 0.6) is 0 Å². The number of likely N-dealkylation sites (tertiary alicyclic amines) is 1. The second-order valence-corrected chi connectivity index (χ2v) is 8.05. The Balaban J connectivity index is 1.84. The van der Waals surface area contributed by atoms with Crippen LogP contribution in [-0.4, -0.2) is 65.2 Å². The maximum absolute atomic E-state index is 13.0. The number of carbonyl (C=O) groups is 1. The van der Waals surface area contributed by atoms with Crippen LogP contribution in [0.15, 0.2) is 17.1 Å². The summed E-state index contributed by atoms with van der Waals surface area (Å²) < 4.78 is 1.67. The van der Waals surface area contributed by atoms with Crippen molar-refractivity contribution in [3.8, 4) is 0 Å². The first kappa shape index (κ1) is 18.1. The molecule has 1 aliphatic carbocycles. The number of nitrogens with zero attached hydrogens (tertiary/aromatic N) is 3. The fraction of sp³-hybridized carbons (Fsp3) is 0.684. The Morgan fingerprint density at radius 3 is 2.48 bits per heavy atom. The Labute approximate surface area is 149 Å². The van der Waals surface area contributed by atoms with Gasteiger partial charge in [-0.05, 0) is 64.3 Å². The van der Waals surface area contributed by atoms with Gasteiger partial charge in [0.15, 0.2) is 0 Å². The van der Waals surface area contributed by atoms with E-state index in [4.69, 9.17) is 0 Å². The maximum atomic E-state index is 13.0. The van der Waals surface area contributed by atoms with Crippen molar-refractivity contribution in [1.82, 2.24) is 14.4 Å². The highest BCUT2D eigenvalue weighted by Gasteiger charge is 2.42. The molecule has 0 radical (unpaired) electrons. The molecule has 2 unspecified atom stereocenters. The first-order valence-corrected chi connectivity index (χ1v) is 9.11. The minimum Gasteiger partial charge on any atom is -0.393 e. The molecular formula is C19H29N3O3. The van der Waals surface area contributed by atoms with E-state index in [9.17, 15) is 14.7 Å². The molecule has 2 aliphatic rings. The zero-order chi connectivity index (χ0) is 18.3. The fourth-order valence-electron chi connectivity index (χ4n) is 4.46. The van der Waals surface area contributed by atoms with Crippen LogP contribution in [0.3, 0.4) is 0 Å². The number of amides is 1. The molecule has 4 atom stereocenters. The van der Waals surface area contributed by atoms with E-state index in [1.54, 1.807) is 10.8 Å². The van der Waals surface area contributed by atoms with Crippen LogP contribution >= 0.6 is 0 Å². The van der Waals surface area contributed by atoms with Gasteiger partial charge in [-0.2, -0.15) is 0 Å². The molecule has 0 spiro atoms. The maximum Gasteiger partial charge on any atom is 0.263 e. The van der Waals surface area contributed by atoms with E-state index in [2.05, 4.69) is 0 Å². The minimum absolute atomic E-state index is 0.00255. The Morgan fingerprint density at radius 1 is 1.32 bits per heavy atom. The van der Waals surface area contributed by atoms with E-state index in [0.29, 0.717) is 30.5 Å². The van der Waals surface area contributed by atoms with Crippen LogP contribution < -0.4 is 5.56 Å². The third-order valence-corrected chi connectivity index (χ3v) is 5.66. The van der Waals surface area contributed by atoms with Gasteiger partial charge in [0.2, 0.25) is 0 Å². The lowest BCUT2D eigenvalue weighted by Crippen LogP contribution is -2.38. The number of hydrogen-bond acceptors (Lipinski definition) is 4. The Bertz CT molecular complexity index is 698. The number of carbonyl (C=O) groups excluding carboxylic acids is 1. The average molecular weight is 347 g/mol. The SMILES string of the molecule is Cc1ccn(C(C)CN(C)C)c(=O)c1C(=O)N1C[C@H]2CC(O)C[C@H]2C1. The van der Waals surface area contributed by atoms with Gasteiger partial charge in [-0.25, -0.2) is 0 Å². The monoisotopic (exact) mass is 347 g/mol. The molecule has 1 aromatic heterocycles. The molecule has 6 nitrogen and oxygen atoms in total. The number of pyridine rings is 1. The molecule has 1 aromatic rings. The van der Waals surface area contributed by atoms with Gasteiger partial charge >= 0.3 is 0 Å². The predicted molar refractivity (Wildman–Crippen MR) is 96.8 cm³/mol. The molecule has 0 bridgehead atoms. The van der Waals surface area contributed by atoms with Crippen molar-refractivity contribution < 1.29 is 9.90 Å². The van der Waals surface area contributed by atoms with E-state index < -0.39 is 0 Å². The van der Waals surface area contributed by atoms with Gasteiger partial charge in [-0.1, -0.05) is 0 Å². The Hall–Kier alpha value is -1.66. The number of rotatable bonds is 4. The van der Waals surface area contributed by atoms with Crippen LogP contribution in [0.25, 0.3) is 0 Å². The molecule has 25 heavy (non-hydrogen) atoms. The van der Waals surface area contributed by atoms with Crippen molar-refractivity contribution in [3.63, 3.8) is 0 Å². The van der Waals surface area contributed by atoms with E-state index in [-0.39, 0.29) is 23.6 Å². The lowest BCUT2D eigenvalue weighted by molar-refractivity contribution is 0.0761. The highest BCUT2D eigenvalue weighted by molar-refractivity contribution is 5.95. The summed E-state index contributed by atoms with van der Waals surface area (Å²) in [6, 6.07) is 1.87. The molecule has 1 saturated carbocycles. The Morgan fingerprint density at radius 2 is 1.92 bits per heavy atom. The largest absolute Gasteiger partial charge is 0.393 e. The highest BCUT2D eigenvalue weighted by Crippen LogP contribution is 2.38. The number of aliphatic hydroxyl groups excluding tert-OH is 1. The summed E-state index contributed by atoms with van der Waals surface area (Å²) in [7, 11) is 3.94. The molecule has 1 aliphatic heterocycles. The third-order valence-electron chi connectivity index (χ3n) is 5.66. The quantitative estimate of drug-likeness (QED) is 0.886. The lowest BCUT2D eigenvalue weighted by atomic mass is 10.0. The van der Waals surface area contributed by atoms with E-state index in [1.807, 2.05) is 43.8 Å². The van der Waals surface area contributed by atoms with Gasteiger partial charge in [-0.3, -0.25) is 9.59 Å². The van der Waals surface area contributed by atoms with Crippen molar-refractivity contribution in [2.75, 3.05) is 33.7 Å². The zero-order valence-electron chi connectivity index (χ0n) is 15.6. The number of likely N-dealkylation sites (N-methyl/N-ethyl adjacent to an activating group) is 1. The molecule has 1 amide bonds. The lowest BCUT2D eigenvalue weighted by Gasteiger charge is -2.22. The van der Waals surface area contributed by atoms with Crippen LogP contribution in [0.1, 0.15) is 41.7 Å². The first-order valence-electron chi connectivity index (χ1n) is 9.11. The van der Waals surface area contributed by atoms with Gasteiger partial charge in [0.1, 0.15) is 5.56 Å². The van der Waals surface area contributed by atoms with Crippen LogP contribution in [0, 0.1) is 18.8 Å². The number of aromatic nitrogens is 1. The van der Waals surface area contributed by atoms with Crippen LogP contribution in [0.4, 0.5) is 0 Å². The third kappa shape index (κ3) is 3.51. The predicted octanol–water partition coefficient (Wildman–Crippen LogP) is 1.12. The van der Waals surface area contributed by atoms with Gasteiger partial charge in [0, 0.05) is 31.9 Å². The van der Waals surface area contributed by atoms with Crippen molar-refractivity contribution in [2.24, 2.45) is 11.8 Å². The zero-order valence-corrected chi connectivity index (χ0v) is 15.6. The number of aliphatic hydroxyl groups is 1. The van der Waals surface area contributed by atoms with Crippen molar-refractivity contribution in [3.05, 3.63) is 33.7 Å². The molecule has 6 heteroatoms. The van der Waals surface area contributed by atoms with Gasteiger partial charge in [0.05, 0.1) is 6.10 Å². The van der Waals surface area contributed by atoms with Crippen LogP contribution in [-0.2, 0) is 0 Å². The first-order chi connectivity index (χ1) is 11.8. The summed E-state index contributed by atoms with van der Waals surface area (Å²) in [5, 5.41) is 9.77. The number of fused-ring (bicyclic) bond motifs is 1. The van der Waals surface area contributed by atoms with E-state index in [1.165, 1.54) is 0 Å². The van der Waals surface area contributed by atoms with Gasteiger partial charge in [0.25, 0.3) is 11.5 Å². The van der Waals surface area contributed by atoms with Crippen LogP contribution in [0.2, 0.25) is 0 Å². The second kappa shape index (κ2) is 6.92. The topological polar surface area (TPSA) is 65.8 Å². The molecule has 3 rings (SSSR count). The number of aryl methyl sites for hydroxylation is 1. The summed E-state index contributed by atoms with van der Waals surface area (Å²) in [6.45, 7) is 5.87. The fourth-order valence-corrected chi connectivity index (χ4v) is 4.46. The van der Waals surface area contributed by atoms with Crippen molar-refractivity contribution in [2.45, 2.75) is 38.8 Å². The van der Waals surface area contributed by atoms with Crippen molar-refractivity contribution in [1.29, 1.82) is 0 Å². The smallest absolute Gasteiger partial charge is 0.263 e. The molecule has 1 N–H and O–H groups in total. The molecular weight excluding hydrogens is 318 g/mol. The number of hydrogen-bond donors (Lipinski definition) is 1. The van der Waals surface area contributed by atoms with Crippen molar-refractivity contribution >= 4 is 5.91 Å². The highest BCUT2D eigenvalue weighted by atomic mass is 16.3. The summed E-state index contributed by atoms with van der Waals surface area (Å²) in [5.74, 6) is 0.591.